The minimum Gasteiger partial charge on any atom is -0.497 e. The molecule has 0 radical (unpaired) electrons. The van der Waals surface area contributed by atoms with Crippen molar-refractivity contribution in [1.82, 2.24) is 9.97 Å². The fourth-order valence-corrected chi connectivity index (χ4v) is 1.63. The van der Waals surface area contributed by atoms with E-state index in [0.717, 1.165) is 0 Å². The van der Waals surface area contributed by atoms with E-state index in [1.165, 1.54) is 0 Å². The molecule has 100 valence electrons. The van der Waals surface area contributed by atoms with Crippen molar-refractivity contribution in [2.24, 2.45) is 0 Å². The van der Waals surface area contributed by atoms with E-state index in [2.05, 4.69) is 9.97 Å². The summed E-state index contributed by atoms with van der Waals surface area (Å²) in [6.07, 6.45) is 0. The predicted molar refractivity (Wildman–Crippen MR) is 72.5 cm³/mol. The lowest BCUT2D eigenvalue weighted by Crippen LogP contribution is -2.15. The Morgan fingerprint density at radius 1 is 1.16 bits per heavy atom. The number of ether oxygens (including phenoxy) is 2. The molecule has 0 amide bonds. The zero-order valence-corrected chi connectivity index (χ0v) is 11.0. The van der Waals surface area contributed by atoms with Crippen LogP contribution in [0.1, 0.15) is 5.56 Å². The first-order valence-corrected chi connectivity index (χ1v) is 5.65. The van der Waals surface area contributed by atoms with Crippen LogP contribution in [0.5, 0.6) is 11.5 Å². The lowest BCUT2D eigenvalue weighted by Gasteiger charge is -2.09. The Bertz CT molecular complexity index is 642. The predicted octanol–water partition coefficient (Wildman–Crippen LogP) is 1.34. The molecule has 2 rings (SSSR count). The monoisotopic (exact) mass is 261 g/mol. The fraction of sp³-hybridized carbons (Fsp3) is 0.231. The van der Waals surface area contributed by atoms with E-state index in [1.54, 1.807) is 39.3 Å². The standard InChI is InChI=1S/C13H15N3O3/c1-7-11(14)15-12(16-13(7)17)8-4-9(18-2)6-10(5-8)19-3/h4-6H,1-3H3,(H3,14,15,16,17). The SMILES string of the molecule is COc1cc(OC)cc(-c2nc(N)c(C)c(=O)[nH]2)c1. The van der Waals surface area contributed by atoms with Crippen LogP contribution in [0.2, 0.25) is 0 Å². The summed E-state index contributed by atoms with van der Waals surface area (Å²) in [5, 5.41) is 0. The third-order valence-corrected chi connectivity index (χ3v) is 2.81. The molecule has 0 aliphatic rings. The number of H-pyrrole nitrogens is 1. The molecule has 6 heteroatoms. The molecule has 0 bridgehead atoms. The van der Waals surface area contributed by atoms with Gasteiger partial charge in [0, 0.05) is 11.6 Å². The molecule has 0 unspecified atom stereocenters. The maximum Gasteiger partial charge on any atom is 0.256 e. The van der Waals surface area contributed by atoms with Crippen LogP contribution in [0.25, 0.3) is 11.4 Å². The van der Waals surface area contributed by atoms with Gasteiger partial charge in [0.1, 0.15) is 23.1 Å². The highest BCUT2D eigenvalue weighted by Gasteiger charge is 2.09. The van der Waals surface area contributed by atoms with Crippen molar-refractivity contribution in [3.05, 3.63) is 34.1 Å². The molecule has 1 aromatic heterocycles. The number of nitrogens with one attached hydrogen (secondary N) is 1. The average Bonchev–Trinajstić information content (AvgIpc) is 2.43. The summed E-state index contributed by atoms with van der Waals surface area (Å²) in [6, 6.07) is 5.23. The largest absolute Gasteiger partial charge is 0.497 e. The summed E-state index contributed by atoms with van der Waals surface area (Å²) in [7, 11) is 3.11. The Morgan fingerprint density at radius 2 is 1.74 bits per heavy atom. The van der Waals surface area contributed by atoms with Crippen molar-refractivity contribution < 1.29 is 9.47 Å². The molecule has 6 nitrogen and oxygen atoms in total. The number of anilines is 1. The van der Waals surface area contributed by atoms with Gasteiger partial charge in [0.05, 0.1) is 19.8 Å². The summed E-state index contributed by atoms with van der Waals surface area (Å²) >= 11 is 0. The molecule has 3 N–H and O–H groups in total. The van der Waals surface area contributed by atoms with Crippen molar-refractivity contribution in [1.29, 1.82) is 0 Å². The number of rotatable bonds is 3. The van der Waals surface area contributed by atoms with Gasteiger partial charge in [0.15, 0.2) is 0 Å². The lowest BCUT2D eigenvalue weighted by molar-refractivity contribution is 0.394. The van der Waals surface area contributed by atoms with E-state index in [4.69, 9.17) is 15.2 Å². The van der Waals surface area contributed by atoms with Crippen LogP contribution in [0.15, 0.2) is 23.0 Å². The van der Waals surface area contributed by atoms with Gasteiger partial charge < -0.3 is 20.2 Å². The molecular weight excluding hydrogens is 246 g/mol. The molecule has 0 atom stereocenters. The van der Waals surface area contributed by atoms with Crippen molar-refractivity contribution >= 4 is 5.82 Å². The summed E-state index contributed by atoms with van der Waals surface area (Å²) in [5.74, 6) is 1.80. The van der Waals surface area contributed by atoms with Crippen molar-refractivity contribution in [2.45, 2.75) is 6.92 Å². The van der Waals surface area contributed by atoms with Crippen molar-refractivity contribution in [3.63, 3.8) is 0 Å². The number of aromatic amines is 1. The zero-order chi connectivity index (χ0) is 14.0. The number of hydrogen-bond acceptors (Lipinski definition) is 5. The molecule has 0 saturated carbocycles. The highest BCUT2D eigenvalue weighted by atomic mass is 16.5. The number of benzene rings is 1. The summed E-state index contributed by atoms with van der Waals surface area (Å²) < 4.78 is 10.3. The van der Waals surface area contributed by atoms with Gasteiger partial charge in [-0.3, -0.25) is 4.79 Å². The average molecular weight is 261 g/mol. The number of hydrogen-bond donors (Lipinski definition) is 2. The van der Waals surface area contributed by atoms with Gasteiger partial charge in [0.25, 0.3) is 5.56 Å². The van der Waals surface area contributed by atoms with E-state index in [0.29, 0.717) is 28.5 Å². The van der Waals surface area contributed by atoms with Gasteiger partial charge in [-0.1, -0.05) is 0 Å². The highest BCUT2D eigenvalue weighted by Crippen LogP contribution is 2.27. The second-order valence-corrected chi connectivity index (χ2v) is 4.03. The highest BCUT2D eigenvalue weighted by molar-refractivity contribution is 5.62. The fourth-order valence-electron chi connectivity index (χ4n) is 1.63. The first-order chi connectivity index (χ1) is 9.05. The van der Waals surface area contributed by atoms with Crippen LogP contribution in [0, 0.1) is 6.92 Å². The number of nitrogens with zero attached hydrogens (tertiary/aromatic N) is 1. The smallest absolute Gasteiger partial charge is 0.256 e. The third-order valence-electron chi connectivity index (χ3n) is 2.81. The van der Waals surface area contributed by atoms with E-state index in [1.807, 2.05) is 0 Å². The van der Waals surface area contributed by atoms with Gasteiger partial charge in [-0.2, -0.15) is 0 Å². The maximum absolute atomic E-state index is 11.7. The molecule has 0 saturated heterocycles. The minimum atomic E-state index is -0.260. The number of aromatic nitrogens is 2. The quantitative estimate of drug-likeness (QED) is 0.870. The van der Waals surface area contributed by atoms with E-state index < -0.39 is 0 Å². The lowest BCUT2D eigenvalue weighted by atomic mass is 10.2. The summed E-state index contributed by atoms with van der Waals surface area (Å²) in [6.45, 7) is 1.62. The Morgan fingerprint density at radius 3 is 2.21 bits per heavy atom. The number of methoxy groups -OCH3 is 2. The molecule has 19 heavy (non-hydrogen) atoms. The molecular formula is C13H15N3O3. The molecule has 0 spiro atoms. The molecule has 0 aliphatic heterocycles. The van der Waals surface area contributed by atoms with Crippen LogP contribution in [0.3, 0.4) is 0 Å². The molecule has 2 aromatic rings. The third kappa shape index (κ3) is 2.52. The molecule has 1 heterocycles. The Kier molecular flexibility index (Phi) is 3.41. The van der Waals surface area contributed by atoms with Crippen LogP contribution in [-0.4, -0.2) is 24.2 Å². The van der Waals surface area contributed by atoms with Gasteiger partial charge >= 0.3 is 0 Å². The Hall–Kier alpha value is -2.50. The maximum atomic E-state index is 11.7. The first-order valence-electron chi connectivity index (χ1n) is 5.65. The topological polar surface area (TPSA) is 90.2 Å². The van der Waals surface area contributed by atoms with Gasteiger partial charge in [-0.05, 0) is 19.1 Å². The Labute approximate surface area is 110 Å². The normalized spacial score (nSPS) is 10.3. The van der Waals surface area contributed by atoms with E-state index in [9.17, 15) is 4.79 Å². The zero-order valence-electron chi connectivity index (χ0n) is 11.0. The molecule has 0 fully saturated rings. The number of nitrogen functional groups attached to an aromatic ring is 1. The van der Waals surface area contributed by atoms with Crippen LogP contribution >= 0.6 is 0 Å². The van der Waals surface area contributed by atoms with Crippen LogP contribution in [0.4, 0.5) is 5.82 Å². The second kappa shape index (κ2) is 5.01. The van der Waals surface area contributed by atoms with Gasteiger partial charge in [-0.25, -0.2) is 4.98 Å². The first kappa shape index (κ1) is 12.9. The van der Waals surface area contributed by atoms with Crippen LogP contribution in [-0.2, 0) is 0 Å². The summed E-state index contributed by atoms with van der Waals surface area (Å²) in [4.78, 5) is 18.5. The van der Waals surface area contributed by atoms with Gasteiger partial charge in [0.2, 0.25) is 0 Å². The Balaban J connectivity index is 2.61. The molecule has 1 aromatic carbocycles. The minimum absolute atomic E-state index is 0.209. The van der Waals surface area contributed by atoms with Crippen LogP contribution < -0.4 is 20.8 Å². The van der Waals surface area contributed by atoms with E-state index >= 15 is 0 Å². The van der Waals surface area contributed by atoms with Crippen molar-refractivity contribution in [2.75, 3.05) is 20.0 Å². The van der Waals surface area contributed by atoms with E-state index in [-0.39, 0.29) is 11.4 Å². The summed E-state index contributed by atoms with van der Waals surface area (Å²) in [5.41, 5.74) is 6.51. The van der Waals surface area contributed by atoms with Gasteiger partial charge in [-0.15, -0.1) is 0 Å². The second-order valence-electron chi connectivity index (χ2n) is 4.03. The number of nitrogens with two attached hydrogens (primary N) is 1. The molecule has 0 aliphatic carbocycles. The van der Waals surface area contributed by atoms with Crippen molar-refractivity contribution in [3.8, 4) is 22.9 Å².